The Morgan fingerprint density at radius 2 is 1.76 bits per heavy atom. The van der Waals surface area contributed by atoms with Gasteiger partial charge >= 0.3 is 0 Å². The van der Waals surface area contributed by atoms with Crippen molar-refractivity contribution < 1.29 is 9.59 Å². The minimum Gasteiger partial charge on any atom is -0.336 e. The molecule has 3 aromatic rings. The maximum Gasteiger partial charge on any atom is 0.265 e. The van der Waals surface area contributed by atoms with Crippen LogP contribution in [0.1, 0.15) is 24.9 Å². The van der Waals surface area contributed by atoms with Gasteiger partial charge in [-0.1, -0.05) is 6.07 Å². The third-order valence-corrected chi connectivity index (χ3v) is 7.28. The van der Waals surface area contributed by atoms with Gasteiger partial charge < -0.3 is 10.2 Å². The molecule has 1 N–H and O–H groups in total. The van der Waals surface area contributed by atoms with Crippen LogP contribution in [0.5, 0.6) is 0 Å². The number of carbonyl (C=O) groups is 2. The van der Waals surface area contributed by atoms with Crippen molar-refractivity contribution in [1.29, 1.82) is 0 Å². The fourth-order valence-corrected chi connectivity index (χ4v) is 5.39. The molecule has 0 radical (unpaired) electrons. The van der Waals surface area contributed by atoms with E-state index in [1.54, 1.807) is 41.7 Å². The molecule has 4 rings (SSSR count). The molecule has 0 aliphatic carbocycles. The Kier molecular flexibility index (Phi) is 6.44. The van der Waals surface area contributed by atoms with E-state index in [0.717, 1.165) is 36.5 Å². The molecule has 2 amide bonds. The molecule has 1 saturated heterocycles. The van der Waals surface area contributed by atoms with E-state index in [4.69, 9.17) is 0 Å². The van der Waals surface area contributed by atoms with Crippen molar-refractivity contribution in [3.63, 3.8) is 0 Å². The van der Waals surface area contributed by atoms with Gasteiger partial charge in [-0.2, -0.15) is 0 Å². The number of hydrogen-bond acceptors (Lipinski definition) is 5. The van der Waals surface area contributed by atoms with Gasteiger partial charge in [0.05, 0.1) is 8.66 Å². The van der Waals surface area contributed by atoms with E-state index >= 15 is 0 Å². The van der Waals surface area contributed by atoms with Crippen LogP contribution in [-0.2, 0) is 6.54 Å². The van der Waals surface area contributed by atoms with E-state index in [0.29, 0.717) is 16.1 Å². The number of piperazine rings is 1. The summed E-state index contributed by atoms with van der Waals surface area (Å²) >= 11 is 6.66. The molecule has 0 spiro atoms. The first-order chi connectivity index (χ1) is 14.1. The fourth-order valence-electron chi connectivity index (χ4n) is 3.25. The smallest absolute Gasteiger partial charge is 0.265 e. The molecule has 3 heterocycles. The molecule has 1 aromatic carbocycles. The van der Waals surface area contributed by atoms with Crippen molar-refractivity contribution in [2.45, 2.75) is 6.54 Å². The molecule has 2 aromatic heterocycles. The highest BCUT2D eigenvalue weighted by Gasteiger charge is 2.22. The van der Waals surface area contributed by atoms with Gasteiger partial charge in [0.15, 0.2) is 0 Å². The molecule has 29 heavy (non-hydrogen) atoms. The van der Waals surface area contributed by atoms with Crippen LogP contribution in [0, 0.1) is 0 Å². The third kappa shape index (κ3) is 5.14. The molecule has 1 aliphatic rings. The van der Waals surface area contributed by atoms with Crippen LogP contribution in [0.3, 0.4) is 0 Å². The number of benzene rings is 1. The zero-order valence-corrected chi connectivity index (χ0v) is 18.9. The SMILES string of the molecule is O=C(Nc1ccc(C(=O)N2CCN(Cc3ccc(Br)s3)CC2)cc1)c1cccs1. The lowest BCUT2D eigenvalue weighted by molar-refractivity contribution is 0.0629. The van der Waals surface area contributed by atoms with Gasteiger partial charge in [0, 0.05) is 48.9 Å². The van der Waals surface area contributed by atoms with E-state index in [-0.39, 0.29) is 11.8 Å². The number of thiophene rings is 2. The Hall–Kier alpha value is -2.00. The van der Waals surface area contributed by atoms with Crippen LogP contribution < -0.4 is 5.32 Å². The van der Waals surface area contributed by atoms with Crippen molar-refractivity contribution in [1.82, 2.24) is 9.80 Å². The molecule has 150 valence electrons. The third-order valence-electron chi connectivity index (χ3n) is 4.80. The second kappa shape index (κ2) is 9.21. The van der Waals surface area contributed by atoms with Gasteiger partial charge in [-0.15, -0.1) is 22.7 Å². The number of amides is 2. The first-order valence-corrected chi connectivity index (χ1v) is 11.8. The summed E-state index contributed by atoms with van der Waals surface area (Å²) in [5, 5.41) is 4.73. The Morgan fingerprint density at radius 3 is 2.38 bits per heavy atom. The van der Waals surface area contributed by atoms with E-state index < -0.39 is 0 Å². The van der Waals surface area contributed by atoms with Crippen molar-refractivity contribution in [3.8, 4) is 0 Å². The molecular formula is C21H20BrN3O2S2. The first-order valence-electron chi connectivity index (χ1n) is 9.29. The van der Waals surface area contributed by atoms with Gasteiger partial charge in [-0.05, 0) is 63.8 Å². The van der Waals surface area contributed by atoms with Gasteiger partial charge in [0.2, 0.25) is 0 Å². The van der Waals surface area contributed by atoms with Crippen molar-refractivity contribution in [2.24, 2.45) is 0 Å². The topological polar surface area (TPSA) is 52.7 Å². The highest BCUT2D eigenvalue weighted by atomic mass is 79.9. The highest BCUT2D eigenvalue weighted by Crippen LogP contribution is 2.24. The average molecular weight is 490 g/mol. The number of nitrogens with one attached hydrogen (secondary N) is 1. The average Bonchev–Trinajstić information content (AvgIpc) is 3.41. The van der Waals surface area contributed by atoms with E-state index in [1.165, 1.54) is 16.2 Å². The summed E-state index contributed by atoms with van der Waals surface area (Å²) in [5.74, 6) is -0.0902. The summed E-state index contributed by atoms with van der Waals surface area (Å²) in [4.78, 5) is 31.2. The largest absolute Gasteiger partial charge is 0.336 e. The van der Waals surface area contributed by atoms with E-state index in [2.05, 4.69) is 38.3 Å². The molecule has 1 aliphatic heterocycles. The van der Waals surface area contributed by atoms with Crippen molar-refractivity contribution in [3.05, 3.63) is 73.0 Å². The lowest BCUT2D eigenvalue weighted by atomic mass is 10.1. The zero-order chi connectivity index (χ0) is 20.2. The molecule has 0 unspecified atom stereocenters. The molecule has 0 atom stereocenters. The lowest BCUT2D eigenvalue weighted by Gasteiger charge is -2.34. The van der Waals surface area contributed by atoms with Crippen LogP contribution in [0.2, 0.25) is 0 Å². The Labute approximate surface area is 186 Å². The minimum atomic E-state index is -0.132. The molecule has 8 heteroatoms. The summed E-state index contributed by atoms with van der Waals surface area (Å²) in [6, 6.07) is 15.0. The molecule has 5 nitrogen and oxygen atoms in total. The Bertz CT molecular complexity index is 978. The molecular weight excluding hydrogens is 470 g/mol. The number of rotatable bonds is 5. The second-order valence-electron chi connectivity index (χ2n) is 6.78. The number of hydrogen-bond donors (Lipinski definition) is 1. The van der Waals surface area contributed by atoms with Crippen molar-refractivity contribution in [2.75, 3.05) is 31.5 Å². The van der Waals surface area contributed by atoms with Gasteiger partial charge in [0.25, 0.3) is 11.8 Å². The monoisotopic (exact) mass is 489 g/mol. The van der Waals surface area contributed by atoms with Crippen LogP contribution in [0.4, 0.5) is 5.69 Å². The summed E-state index contributed by atoms with van der Waals surface area (Å²) in [6.07, 6.45) is 0. The maximum absolute atomic E-state index is 12.8. The predicted molar refractivity (Wildman–Crippen MR) is 122 cm³/mol. The summed E-state index contributed by atoms with van der Waals surface area (Å²) in [7, 11) is 0. The van der Waals surface area contributed by atoms with Crippen molar-refractivity contribution >= 4 is 56.1 Å². The quantitative estimate of drug-likeness (QED) is 0.560. The molecule has 1 fully saturated rings. The Morgan fingerprint density at radius 1 is 1.00 bits per heavy atom. The van der Waals surface area contributed by atoms with Gasteiger partial charge in [-0.3, -0.25) is 14.5 Å². The van der Waals surface area contributed by atoms with Gasteiger partial charge in [-0.25, -0.2) is 0 Å². The molecule has 0 saturated carbocycles. The second-order valence-corrected chi connectivity index (χ2v) is 10.3. The highest BCUT2D eigenvalue weighted by molar-refractivity contribution is 9.11. The number of halogens is 1. The number of anilines is 1. The first kappa shape index (κ1) is 20.3. The zero-order valence-electron chi connectivity index (χ0n) is 15.6. The van der Waals surface area contributed by atoms with Crippen LogP contribution in [0.25, 0.3) is 0 Å². The normalized spacial score (nSPS) is 14.7. The Balaban J connectivity index is 1.30. The lowest BCUT2D eigenvalue weighted by Crippen LogP contribution is -2.48. The standard InChI is InChI=1S/C21H20BrN3O2S2/c22-19-8-7-17(29-19)14-24-9-11-25(12-10-24)21(27)15-3-5-16(6-4-15)23-20(26)18-2-1-13-28-18/h1-8,13H,9-12,14H2,(H,23,26). The van der Waals surface area contributed by atoms with Crippen LogP contribution >= 0.6 is 38.6 Å². The maximum atomic E-state index is 12.8. The fraction of sp³-hybridized carbons (Fsp3) is 0.238. The summed E-state index contributed by atoms with van der Waals surface area (Å²) < 4.78 is 1.15. The van der Waals surface area contributed by atoms with E-state index in [1.807, 2.05) is 16.3 Å². The van der Waals surface area contributed by atoms with Crippen LogP contribution in [0.15, 0.2) is 57.7 Å². The summed E-state index contributed by atoms with van der Waals surface area (Å²) in [6.45, 7) is 4.12. The number of nitrogens with zero attached hydrogens (tertiary/aromatic N) is 2. The van der Waals surface area contributed by atoms with Crippen LogP contribution in [-0.4, -0.2) is 47.8 Å². The molecule has 0 bridgehead atoms. The minimum absolute atomic E-state index is 0.0413. The summed E-state index contributed by atoms with van der Waals surface area (Å²) in [5.41, 5.74) is 1.33. The van der Waals surface area contributed by atoms with Gasteiger partial charge in [0.1, 0.15) is 0 Å². The number of carbonyl (C=O) groups excluding carboxylic acids is 2. The van der Waals surface area contributed by atoms with E-state index in [9.17, 15) is 9.59 Å². The predicted octanol–water partition coefficient (Wildman–Crippen LogP) is 4.78.